The van der Waals surface area contributed by atoms with Gasteiger partial charge in [-0.1, -0.05) is 0 Å². The predicted octanol–water partition coefficient (Wildman–Crippen LogP) is -0.433. The molecule has 1 radical (unpaired) electrons. The largest absolute Gasteiger partial charge is 0.351 e. The van der Waals surface area contributed by atoms with Crippen LogP contribution < -0.4 is 5.32 Å². The number of hydrogen-bond donors (Lipinski definition) is 2. The Hall–Kier alpha value is -1.65. The third-order valence-electron chi connectivity index (χ3n) is 1.49. The molecule has 1 atom stereocenters. The molecule has 1 rings (SSSR count). The van der Waals surface area contributed by atoms with E-state index in [9.17, 15) is 9.59 Å². The highest BCUT2D eigenvalue weighted by molar-refractivity contribution is 5.77. The predicted molar refractivity (Wildman–Crippen MR) is 45.6 cm³/mol. The molecule has 69 valence electrons. The van der Waals surface area contributed by atoms with Crippen LogP contribution in [0.15, 0.2) is 12.5 Å². The molecule has 0 aromatic carbocycles. The minimum Gasteiger partial charge on any atom is -0.351 e. The minimum absolute atomic E-state index is 0.246. The van der Waals surface area contributed by atoms with Gasteiger partial charge in [0, 0.05) is 19.5 Å². The molecule has 1 amide bonds. The summed E-state index contributed by atoms with van der Waals surface area (Å²) in [6.07, 6.45) is 5.30. The number of amides is 1. The van der Waals surface area contributed by atoms with Gasteiger partial charge in [0.15, 0.2) is 0 Å². The average molecular weight is 180 g/mol. The zero-order valence-electron chi connectivity index (χ0n) is 7.20. The molecule has 1 aromatic rings. The average Bonchev–Trinajstić information content (AvgIpc) is 2.55. The molecule has 0 unspecified atom stereocenters. The second-order valence-corrected chi connectivity index (χ2v) is 2.64. The van der Waals surface area contributed by atoms with Gasteiger partial charge in [-0.3, -0.25) is 9.59 Å². The Balaban J connectivity index is 2.49. The first-order valence-corrected chi connectivity index (χ1v) is 3.85. The van der Waals surface area contributed by atoms with Gasteiger partial charge in [0.2, 0.25) is 12.2 Å². The fourth-order valence-electron chi connectivity index (χ4n) is 0.979. The van der Waals surface area contributed by atoms with Crippen molar-refractivity contribution in [2.75, 3.05) is 0 Å². The number of carbonyl (C=O) groups is 1. The number of rotatable bonds is 4. The summed E-state index contributed by atoms with van der Waals surface area (Å²) in [5, 5.41) is 2.45. The summed E-state index contributed by atoms with van der Waals surface area (Å²) >= 11 is 0. The van der Waals surface area contributed by atoms with Crippen LogP contribution in [0.5, 0.6) is 0 Å². The van der Waals surface area contributed by atoms with Gasteiger partial charge in [-0.05, 0) is 0 Å². The van der Waals surface area contributed by atoms with Crippen molar-refractivity contribution in [1.82, 2.24) is 15.3 Å². The van der Waals surface area contributed by atoms with E-state index in [1.807, 2.05) is 0 Å². The molecule has 5 nitrogen and oxygen atoms in total. The van der Waals surface area contributed by atoms with Crippen LogP contribution in [-0.2, 0) is 16.0 Å². The van der Waals surface area contributed by atoms with E-state index in [0.29, 0.717) is 6.42 Å². The third kappa shape index (κ3) is 3.06. The van der Waals surface area contributed by atoms with Crippen LogP contribution >= 0.6 is 0 Å². The van der Waals surface area contributed by atoms with Crippen molar-refractivity contribution < 1.29 is 9.59 Å². The summed E-state index contributed by atoms with van der Waals surface area (Å²) in [6, 6.07) is -0.610. The monoisotopic (exact) mass is 180 g/mol. The van der Waals surface area contributed by atoms with Gasteiger partial charge in [0.25, 0.3) is 0 Å². The summed E-state index contributed by atoms with van der Waals surface area (Å²) < 4.78 is 0. The van der Waals surface area contributed by atoms with E-state index in [1.165, 1.54) is 13.3 Å². The SMILES string of the molecule is CC(=O)N[C@H]([C]=O)Cc1c[nH]cn1. The van der Waals surface area contributed by atoms with Crippen LogP contribution in [0.1, 0.15) is 12.6 Å². The van der Waals surface area contributed by atoms with E-state index in [0.717, 1.165) is 5.69 Å². The number of aromatic nitrogens is 2. The van der Waals surface area contributed by atoms with Crippen LogP contribution in [0, 0.1) is 0 Å². The van der Waals surface area contributed by atoms with Gasteiger partial charge in [0.1, 0.15) is 6.04 Å². The second kappa shape index (κ2) is 4.39. The first-order chi connectivity index (χ1) is 6.22. The lowest BCUT2D eigenvalue weighted by Crippen LogP contribution is -2.36. The summed E-state index contributed by atoms with van der Waals surface area (Å²) in [5.41, 5.74) is 0.724. The molecule has 2 N–H and O–H groups in total. The molecule has 5 heteroatoms. The van der Waals surface area contributed by atoms with Crippen molar-refractivity contribution in [2.24, 2.45) is 0 Å². The number of carbonyl (C=O) groups excluding carboxylic acids is 2. The van der Waals surface area contributed by atoms with E-state index in [4.69, 9.17) is 0 Å². The molecule has 0 aliphatic carbocycles. The van der Waals surface area contributed by atoms with Crippen molar-refractivity contribution >= 4 is 12.2 Å². The lowest BCUT2D eigenvalue weighted by molar-refractivity contribution is -0.119. The van der Waals surface area contributed by atoms with Crippen molar-refractivity contribution in [1.29, 1.82) is 0 Å². The Labute approximate surface area is 75.6 Å². The summed E-state index contributed by atoms with van der Waals surface area (Å²) in [7, 11) is 0. The van der Waals surface area contributed by atoms with Crippen molar-refractivity contribution in [3.63, 3.8) is 0 Å². The standard InChI is InChI=1S/C8H10N3O2/c1-6(13)11-8(4-12)2-7-3-9-5-10-7/h3,5,8H,2H2,1H3,(H,9,10)(H,11,13)/t8-/m0/s1. The van der Waals surface area contributed by atoms with Gasteiger partial charge in [-0.2, -0.15) is 0 Å². The van der Waals surface area contributed by atoms with Crippen LogP contribution in [0.25, 0.3) is 0 Å². The lowest BCUT2D eigenvalue weighted by Gasteiger charge is -2.07. The molecular weight excluding hydrogens is 170 g/mol. The van der Waals surface area contributed by atoms with Gasteiger partial charge < -0.3 is 10.3 Å². The number of nitrogens with zero attached hydrogens (tertiary/aromatic N) is 1. The van der Waals surface area contributed by atoms with Gasteiger partial charge >= 0.3 is 0 Å². The van der Waals surface area contributed by atoms with E-state index in [1.54, 1.807) is 12.5 Å². The van der Waals surface area contributed by atoms with Gasteiger partial charge in [-0.25, -0.2) is 4.98 Å². The van der Waals surface area contributed by atoms with Gasteiger partial charge in [-0.15, -0.1) is 0 Å². The molecule has 0 spiro atoms. The molecular formula is C8H10N3O2. The highest BCUT2D eigenvalue weighted by Crippen LogP contribution is 1.95. The van der Waals surface area contributed by atoms with Gasteiger partial charge in [0.05, 0.1) is 12.0 Å². The van der Waals surface area contributed by atoms with E-state index >= 15 is 0 Å². The summed E-state index contributed by atoms with van der Waals surface area (Å²) in [6.45, 7) is 1.36. The maximum Gasteiger partial charge on any atom is 0.223 e. The number of H-pyrrole nitrogens is 1. The fourth-order valence-corrected chi connectivity index (χ4v) is 0.979. The van der Waals surface area contributed by atoms with Crippen molar-refractivity contribution in [3.05, 3.63) is 18.2 Å². The Morgan fingerprint density at radius 1 is 1.85 bits per heavy atom. The Morgan fingerprint density at radius 2 is 2.62 bits per heavy atom. The molecule has 1 aromatic heterocycles. The highest BCUT2D eigenvalue weighted by atomic mass is 16.2. The molecule has 0 saturated carbocycles. The third-order valence-corrected chi connectivity index (χ3v) is 1.49. The van der Waals surface area contributed by atoms with Crippen LogP contribution in [0.2, 0.25) is 0 Å². The zero-order chi connectivity index (χ0) is 9.68. The van der Waals surface area contributed by atoms with E-state index in [2.05, 4.69) is 15.3 Å². The second-order valence-electron chi connectivity index (χ2n) is 2.64. The van der Waals surface area contributed by atoms with Crippen molar-refractivity contribution in [3.8, 4) is 0 Å². The van der Waals surface area contributed by atoms with Crippen molar-refractivity contribution in [2.45, 2.75) is 19.4 Å². The zero-order valence-corrected chi connectivity index (χ0v) is 7.20. The number of aromatic amines is 1. The molecule has 13 heavy (non-hydrogen) atoms. The topological polar surface area (TPSA) is 74.8 Å². The van der Waals surface area contributed by atoms with E-state index < -0.39 is 6.04 Å². The Morgan fingerprint density at radius 3 is 3.08 bits per heavy atom. The molecule has 0 bridgehead atoms. The smallest absolute Gasteiger partial charge is 0.223 e. The Bertz CT molecular complexity index is 282. The fraction of sp³-hybridized carbons (Fsp3) is 0.375. The quantitative estimate of drug-likeness (QED) is 0.660. The first kappa shape index (κ1) is 9.44. The normalized spacial score (nSPS) is 12.1. The van der Waals surface area contributed by atoms with Crippen LogP contribution in [0.4, 0.5) is 0 Å². The number of imidazole rings is 1. The van der Waals surface area contributed by atoms with Crippen LogP contribution in [-0.4, -0.2) is 28.2 Å². The van der Waals surface area contributed by atoms with Crippen LogP contribution in [0.3, 0.4) is 0 Å². The minimum atomic E-state index is -0.610. The number of nitrogens with one attached hydrogen (secondary N) is 2. The maximum absolute atomic E-state index is 10.6. The molecule has 0 aliphatic rings. The first-order valence-electron chi connectivity index (χ1n) is 3.85. The van der Waals surface area contributed by atoms with E-state index in [-0.39, 0.29) is 5.91 Å². The molecule has 0 aliphatic heterocycles. The molecule has 1 heterocycles. The molecule has 0 saturated heterocycles. The Kier molecular flexibility index (Phi) is 3.19. The lowest BCUT2D eigenvalue weighted by atomic mass is 10.2. The summed E-state index contributed by atoms with van der Waals surface area (Å²) in [5.74, 6) is -0.246. The highest BCUT2D eigenvalue weighted by Gasteiger charge is 2.11. The number of hydrogen-bond acceptors (Lipinski definition) is 3. The maximum atomic E-state index is 10.6. The molecule has 0 fully saturated rings. The summed E-state index contributed by atoms with van der Waals surface area (Å²) in [4.78, 5) is 27.7.